The third-order valence-corrected chi connectivity index (χ3v) is 6.38. The number of methoxy groups -OCH3 is 3. The second kappa shape index (κ2) is 11.4. The van der Waals surface area contributed by atoms with Crippen molar-refractivity contribution in [1.29, 1.82) is 0 Å². The molecule has 190 valence electrons. The molecule has 0 amide bonds. The van der Waals surface area contributed by atoms with E-state index in [1.54, 1.807) is 25.1 Å². The van der Waals surface area contributed by atoms with Gasteiger partial charge in [0.25, 0.3) is 0 Å². The van der Waals surface area contributed by atoms with E-state index in [0.717, 1.165) is 0 Å². The van der Waals surface area contributed by atoms with Crippen molar-refractivity contribution in [3.63, 3.8) is 0 Å². The predicted molar refractivity (Wildman–Crippen MR) is 127 cm³/mol. The van der Waals surface area contributed by atoms with Gasteiger partial charge in [-0.1, -0.05) is 6.92 Å². The van der Waals surface area contributed by atoms with Gasteiger partial charge in [0.05, 0.1) is 39.4 Å². The Morgan fingerprint density at radius 2 is 1.86 bits per heavy atom. The molecule has 0 saturated heterocycles. The van der Waals surface area contributed by atoms with E-state index in [4.69, 9.17) is 23.7 Å². The van der Waals surface area contributed by atoms with Gasteiger partial charge in [-0.3, -0.25) is 9.59 Å². The largest absolute Gasteiger partial charge is 0.497 e. The Bertz CT molecular complexity index is 1060. The van der Waals surface area contributed by atoms with Crippen LogP contribution in [0.2, 0.25) is 0 Å². The average Bonchev–Trinajstić information content (AvgIpc) is 2.84. The van der Waals surface area contributed by atoms with Crippen LogP contribution >= 0.6 is 0 Å². The van der Waals surface area contributed by atoms with Gasteiger partial charge < -0.3 is 29.0 Å². The molecule has 0 aromatic heterocycles. The van der Waals surface area contributed by atoms with Crippen LogP contribution in [0, 0.1) is 11.8 Å². The molecule has 0 saturated carbocycles. The van der Waals surface area contributed by atoms with Crippen molar-refractivity contribution in [2.45, 2.75) is 33.1 Å². The lowest BCUT2D eigenvalue weighted by molar-refractivity contribution is -0.151. The van der Waals surface area contributed by atoms with Gasteiger partial charge in [0.1, 0.15) is 24.0 Å². The summed E-state index contributed by atoms with van der Waals surface area (Å²) in [5.74, 6) is -2.66. The Balaban J connectivity index is 2.17. The average molecular weight is 488 g/mol. The zero-order valence-electron chi connectivity index (χ0n) is 21.1. The zero-order valence-corrected chi connectivity index (χ0v) is 21.1. The first kappa shape index (κ1) is 26.3. The number of Topliss-reactive ketones (excluding diaryl/α,β-unsaturated/α-hetero) is 1. The van der Waals surface area contributed by atoms with Gasteiger partial charge in [0.15, 0.2) is 5.78 Å². The van der Waals surface area contributed by atoms with E-state index in [1.807, 2.05) is 13.8 Å². The Labute approximate surface area is 205 Å². The number of ketones is 1. The molecule has 0 bridgehead atoms. The number of hydrogen-bond donors (Lipinski definition) is 1. The number of rotatable bonds is 9. The molecule has 9 nitrogen and oxygen atoms in total. The minimum absolute atomic E-state index is 0.0626. The van der Waals surface area contributed by atoms with Crippen LogP contribution < -0.4 is 14.8 Å². The maximum atomic E-state index is 13.8. The summed E-state index contributed by atoms with van der Waals surface area (Å²) in [6.07, 6.45) is 0.438. The highest BCUT2D eigenvalue weighted by molar-refractivity contribution is 6.12. The molecule has 1 aliphatic carbocycles. The molecule has 0 radical (unpaired) electrons. The smallest absolute Gasteiger partial charge is 0.336 e. The molecule has 0 spiro atoms. The Kier molecular flexibility index (Phi) is 8.56. The number of allylic oxidation sites excluding steroid dienone is 3. The summed E-state index contributed by atoms with van der Waals surface area (Å²) in [7, 11) is 4.31. The normalized spacial score (nSPS) is 21.8. The summed E-state index contributed by atoms with van der Waals surface area (Å²) in [5.41, 5.74) is 2.38. The van der Waals surface area contributed by atoms with Crippen molar-refractivity contribution in [2.24, 2.45) is 11.8 Å². The summed E-state index contributed by atoms with van der Waals surface area (Å²) in [4.78, 5) is 39.7. The molecule has 3 atom stereocenters. The molecule has 0 fully saturated rings. The fourth-order valence-corrected chi connectivity index (χ4v) is 4.74. The zero-order chi connectivity index (χ0) is 25.7. The number of carbonyl (C=O) groups excluding carboxylic acids is 3. The van der Waals surface area contributed by atoms with E-state index in [9.17, 15) is 14.4 Å². The van der Waals surface area contributed by atoms with Crippen LogP contribution in [0.15, 0.2) is 40.7 Å². The van der Waals surface area contributed by atoms with Crippen LogP contribution in [0.25, 0.3) is 0 Å². The molecule has 1 aliphatic heterocycles. The highest BCUT2D eigenvalue weighted by Crippen LogP contribution is 2.48. The summed E-state index contributed by atoms with van der Waals surface area (Å²) >= 11 is 0. The van der Waals surface area contributed by atoms with Crippen molar-refractivity contribution in [2.75, 3.05) is 41.2 Å². The molecule has 1 heterocycles. The summed E-state index contributed by atoms with van der Waals surface area (Å²) < 4.78 is 26.8. The minimum Gasteiger partial charge on any atom is -0.497 e. The van der Waals surface area contributed by atoms with E-state index >= 15 is 0 Å². The molecule has 0 unspecified atom stereocenters. The van der Waals surface area contributed by atoms with Crippen LogP contribution in [0.1, 0.15) is 38.7 Å². The summed E-state index contributed by atoms with van der Waals surface area (Å²) in [6.45, 7) is 6.28. The van der Waals surface area contributed by atoms with Gasteiger partial charge in [-0.25, -0.2) is 4.79 Å². The van der Waals surface area contributed by atoms with Crippen molar-refractivity contribution >= 4 is 17.7 Å². The number of benzene rings is 1. The lowest BCUT2D eigenvalue weighted by atomic mass is 9.69. The first-order valence-electron chi connectivity index (χ1n) is 11.6. The fourth-order valence-electron chi connectivity index (χ4n) is 4.74. The highest BCUT2D eigenvalue weighted by Gasteiger charge is 2.48. The van der Waals surface area contributed by atoms with Crippen molar-refractivity contribution in [1.82, 2.24) is 5.32 Å². The quantitative estimate of drug-likeness (QED) is 0.319. The lowest BCUT2D eigenvalue weighted by Crippen LogP contribution is -2.43. The predicted octanol–water partition coefficient (Wildman–Crippen LogP) is 2.90. The first-order valence-corrected chi connectivity index (χ1v) is 11.6. The summed E-state index contributed by atoms with van der Waals surface area (Å²) in [6, 6.07) is 5.19. The highest BCUT2D eigenvalue weighted by atomic mass is 16.6. The Morgan fingerprint density at radius 1 is 1.11 bits per heavy atom. The van der Waals surface area contributed by atoms with E-state index in [2.05, 4.69) is 5.32 Å². The van der Waals surface area contributed by atoms with Crippen LogP contribution in [0.3, 0.4) is 0 Å². The first-order chi connectivity index (χ1) is 16.8. The monoisotopic (exact) mass is 487 g/mol. The van der Waals surface area contributed by atoms with Crippen LogP contribution in [-0.4, -0.2) is 58.9 Å². The summed E-state index contributed by atoms with van der Waals surface area (Å²) in [5, 5.41) is 3.24. The standard InChI is InChI=1S/C26H33NO8/c1-7-34-10-11-35-26(30)21-15(3)27-18-12-14(2)20(25(29)33-6)24(28)23(18)22(21)17-13-16(31-4)8-9-19(17)32-5/h8-9,13-14,20,22,27H,7,10-12H2,1-6H3/t14-,20+,22+/m1/s1. The fraction of sp³-hybridized carbons (Fsp3) is 0.500. The molecular weight excluding hydrogens is 454 g/mol. The molecule has 2 aliphatic rings. The number of carbonyl (C=O) groups is 3. The SMILES string of the molecule is CCOCCOC(=O)C1=C(C)NC2=C(C(=O)[C@@H](C(=O)OC)[C@H](C)C2)[C@H]1c1cc(OC)ccc1OC. The maximum Gasteiger partial charge on any atom is 0.336 e. The van der Waals surface area contributed by atoms with Crippen LogP contribution in [0.5, 0.6) is 11.5 Å². The second-order valence-electron chi connectivity index (χ2n) is 8.48. The topological polar surface area (TPSA) is 109 Å². The minimum atomic E-state index is -0.978. The number of ether oxygens (including phenoxy) is 5. The van der Waals surface area contributed by atoms with E-state index in [1.165, 1.54) is 21.3 Å². The van der Waals surface area contributed by atoms with Crippen LogP contribution in [-0.2, 0) is 28.6 Å². The lowest BCUT2D eigenvalue weighted by Gasteiger charge is -2.38. The van der Waals surface area contributed by atoms with Crippen molar-refractivity contribution in [3.05, 3.63) is 46.3 Å². The molecular formula is C26H33NO8. The van der Waals surface area contributed by atoms with Gasteiger partial charge in [0.2, 0.25) is 0 Å². The van der Waals surface area contributed by atoms with Gasteiger partial charge in [-0.05, 0) is 44.4 Å². The molecule has 1 N–H and O–H groups in total. The van der Waals surface area contributed by atoms with Crippen molar-refractivity contribution < 1.29 is 38.1 Å². The van der Waals surface area contributed by atoms with E-state index in [-0.39, 0.29) is 30.5 Å². The van der Waals surface area contributed by atoms with Gasteiger partial charge >= 0.3 is 11.9 Å². The molecule has 3 rings (SSSR count). The Hall–Kier alpha value is -3.33. The maximum absolute atomic E-state index is 13.8. The Morgan fingerprint density at radius 3 is 2.49 bits per heavy atom. The number of nitrogens with one attached hydrogen (secondary N) is 1. The molecule has 1 aromatic rings. The third-order valence-electron chi connectivity index (χ3n) is 6.38. The third kappa shape index (κ3) is 5.19. The van der Waals surface area contributed by atoms with E-state index < -0.39 is 23.8 Å². The molecule has 9 heteroatoms. The van der Waals surface area contributed by atoms with E-state index in [0.29, 0.717) is 47.1 Å². The number of hydrogen-bond acceptors (Lipinski definition) is 9. The van der Waals surface area contributed by atoms with Gasteiger partial charge in [0, 0.05) is 29.1 Å². The second-order valence-corrected chi connectivity index (χ2v) is 8.48. The molecule has 1 aromatic carbocycles. The van der Waals surface area contributed by atoms with Crippen molar-refractivity contribution in [3.8, 4) is 11.5 Å². The van der Waals surface area contributed by atoms with Crippen LogP contribution in [0.4, 0.5) is 0 Å². The van der Waals surface area contributed by atoms with Gasteiger partial charge in [-0.15, -0.1) is 0 Å². The number of dihydropyridines is 1. The number of esters is 2. The molecule has 35 heavy (non-hydrogen) atoms. The van der Waals surface area contributed by atoms with Gasteiger partial charge in [-0.2, -0.15) is 0 Å².